The third-order valence-corrected chi connectivity index (χ3v) is 25.8. The van der Waals surface area contributed by atoms with Crippen molar-refractivity contribution in [3.8, 4) is 0 Å². The molecule has 0 saturated carbocycles. The Morgan fingerprint density at radius 3 is 0.578 bits per heavy atom. The Morgan fingerprint density at radius 1 is 0.312 bits per heavy atom. The van der Waals surface area contributed by atoms with Crippen LogP contribution in [0.2, 0.25) is 0 Å². The highest BCUT2D eigenvalue weighted by atomic mass is 32.3. The van der Waals surface area contributed by atoms with E-state index in [1.165, 1.54) is 109 Å². The van der Waals surface area contributed by atoms with Gasteiger partial charge in [-0.2, -0.15) is 0 Å². The SMILES string of the molecule is O=[N+]([O-])C(CC(S(=O)(=O)c1ccccc1)S(=O)(=O)c1ccccc1)(CC(S(=O)(=O)c1ccccc1)S(=O)(=O)c1ccccc1)CC(S(=O)(=O)c1ccccc1)S(=O)(=O)c1ccccc1. The molecule has 64 heavy (non-hydrogen) atoms. The van der Waals surface area contributed by atoms with E-state index in [0.29, 0.717) is 0 Å². The molecule has 0 amide bonds. The molecule has 0 N–H and O–H groups in total. The Hall–Kier alpha value is -5.58. The van der Waals surface area contributed by atoms with Gasteiger partial charge in [-0.1, -0.05) is 109 Å². The van der Waals surface area contributed by atoms with Gasteiger partial charge in [0.1, 0.15) is 0 Å². The number of nitrogens with zero attached hydrogens (tertiary/aromatic N) is 1. The highest BCUT2D eigenvalue weighted by Crippen LogP contribution is 2.44. The molecule has 0 aliphatic rings. The molecule has 6 aromatic carbocycles. The minimum atomic E-state index is -5.39. The van der Waals surface area contributed by atoms with Crippen LogP contribution in [-0.4, -0.2) is 74.7 Å². The molecule has 0 aromatic heterocycles. The van der Waals surface area contributed by atoms with Crippen LogP contribution >= 0.6 is 0 Å². The molecule has 336 valence electrons. The van der Waals surface area contributed by atoms with Crippen LogP contribution in [-0.2, 0) is 59.0 Å². The minimum absolute atomic E-state index is 0.688. The number of nitro groups is 1. The van der Waals surface area contributed by atoms with E-state index in [9.17, 15) is 60.6 Å². The van der Waals surface area contributed by atoms with Gasteiger partial charge in [-0.3, -0.25) is 10.1 Å². The first-order chi connectivity index (χ1) is 30.1. The van der Waals surface area contributed by atoms with Gasteiger partial charge in [-0.05, 0) is 72.8 Å². The second kappa shape index (κ2) is 18.5. The number of benzene rings is 6. The Balaban J connectivity index is 1.75. The van der Waals surface area contributed by atoms with E-state index < -0.39 is 132 Å². The number of sulfone groups is 6. The zero-order chi connectivity index (χ0) is 46.6. The molecule has 21 heteroatoms. The first-order valence-electron chi connectivity index (χ1n) is 19.0. The van der Waals surface area contributed by atoms with Crippen LogP contribution in [0.15, 0.2) is 211 Å². The van der Waals surface area contributed by atoms with Crippen molar-refractivity contribution in [2.75, 3.05) is 0 Å². The van der Waals surface area contributed by atoms with E-state index in [1.807, 2.05) is 0 Å². The van der Waals surface area contributed by atoms with Gasteiger partial charge in [-0.15, -0.1) is 0 Å². The van der Waals surface area contributed by atoms with Crippen molar-refractivity contribution in [2.45, 2.75) is 67.9 Å². The minimum Gasteiger partial charge on any atom is -0.264 e. The maximum absolute atomic E-state index is 14.8. The molecule has 0 aliphatic carbocycles. The standard InChI is InChI=1S/C43H39NO14S6/c45-44(46)43(31-40(59(47,48)34-19-7-1-8-20-34)60(49,50)35-21-9-2-10-22-35,32-41(61(51,52)36-23-11-3-12-24-36)62(53,54)37-25-13-4-14-26-37)33-42(63(55,56)38-27-15-5-16-28-38)64(57,58)39-29-17-6-18-30-39/h1-30,40-42H,31-33H2. The van der Waals surface area contributed by atoms with Crippen molar-refractivity contribution in [3.63, 3.8) is 0 Å². The third-order valence-electron chi connectivity index (χ3n) is 10.5. The normalized spacial score (nSPS) is 13.2. The van der Waals surface area contributed by atoms with E-state index in [1.54, 1.807) is 0 Å². The molecular weight excluding hydrogens is 947 g/mol. The summed E-state index contributed by atoms with van der Waals surface area (Å²) in [6, 6.07) is 34.9. The predicted octanol–water partition coefficient (Wildman–Crippen LogP) is 5.99. The Labute approximate surface area is 372 Å². The summed E-state index contributed by atoms with van der Waals surface area (Å²) in [6.07, 6.45) is -5.57. The summed E-state index contributed by atoms with van der Waals surface area (Å²) >= 11 is 0. The van der Waals surface area contributed by atoms with E-state index in [-0.39, 0.29) is 0 Å². The topological polar surface area (TPSA) is 248 Å². The van der Waals surface area contributed by atoms with E-state index >= 15 is 0 Å². The van der Waals surface area contributed by atoms with Crippen LogP contribution in [0.25, 0.3) is 0 Å². The van der Waals surface area contributed by atoms with Crippen molar-refractivity contribution in [2.24, 2.45) is 0 Å². The lowest BCUT2D eigenvalue weighted by Gasteiger charge is -2.34. The summed E-state index contributed by atoms with van der Waals surface area (Å²) in [4.78, 5) is 8.75. The summed E-state index contributed by atoms with van der Waals surface area (Å²) in [7, 11) is -32.3. The van der Waals surface area contributed by atoms with Gasteiger partial charge in [0.25, 0.3) is 0 Å². The molecule has 0 radical (unpaired) electrons. The fourth-order valence-corrected chi connectivity index (χ4v) is 21.4. The lowest BCUT2D eigenvalue weighted by molar-refractivity contribution is -0.572. The van der Waals surface area contributed by atoms with Gasteiger partial charge in [0.05, 0.1) is 29.4 Å². The van der Waals surface area contributed by atoms with Gasteiger partial charge in [0.2, 0.25) is 5.54 Å². The third kappa shape index (κ3) is 9.45. The molecule has 0 fully saturated rings. The van der Waals surface area contributed by atoms with Gasteiger partial charge < -0.3 is 0 Å². The Bertz CT molecular complexity index is 2740. The smallest absolute Gasteiger partial charge is 0.229 e. The molecule has 0 heterocycles. The molecule has 0 saturated heterocycles. The Morgan fingerprint density at radius 2 is 0.453 bits per heavy atom. The average Bonchev–Trinajstić information content (AvgIpc) is 3.30. The largest absolute Gasteiger partial charge is 0.264 e. The van der Waals surface area contributed by atoms with Crippen molar-refractivity contribution < 1.29 is 55.4 Å². The fourth-order valence-electron chi connectivity index (χ4n) is 7.13. The first-order valence-corrected chi connectivity index (χ1v) is 28.3. The van der Waals surface area contributed by atoms with Crippen LogP contribution in [0.1, 0.15) is 19.3 Å². The van der Waals surface area contributed by atoms with Crippen molar-refractivity contribution >= 4 is 59.0 Å². The predicted molar refractivity (Wildman–Crippen MR) is 237 cm³/mol. The second-order valence-corrected chi connectivity index (χ2v) is 28.2. The number of hydrogen-bond acceptors (Lipinski definition) is 14. The van der Waals surface area contributed by atoms with Gasteiger partial charge >= 0.3 is 0 Å². The summed E-state index contributed by atoms with van der Waals surface area (Å²) in [6.45, 7) is 0. The number of rotatable bonds is 19. The highest BCUT2D eigenvalue weighted by Gasteiger charge is 2.61. The average molecular weight is 986 g/mol. The molecular formula is C43H39NO14S6. The summed E-state index contributed by atoms with van der Waals surface area (Å²) in [5, 5.41) is 14.2. The summed E-state index contributed by atoms with van der Waals surface area (Å²) in [5.41, 5.74) is -3.67. The molecule has 0 atom stereocenters. The van der Waals surface area contributed by atoms with Crippen LogP contribution < -0.4 is 0 Å². The van der Waals surface area contributed by atoms with E-state index in [2.05, 4.69) is 0 Å². The fraction of sp³-hybridized carbons (Fsp3) is 0.163. The van der Waals surface area contributed by atoms with E-state index in [0.717, 1.165) is 72.8 Å². The van der Waals surface area contributed by atoms with Crippen molar-refractivity contribution in [3.05, 3.63) is 192 Å². The monoisotopic (exact) mass is 985 g/mol. The summed E-state index contributed by atoms with van der Waals surface area (Å²) < 4.78 is 169. The first kappa shape index (κ1) is 47.9. The molecule has 6 aromatic rings. The zero-order valence-electron chi connectivity index (χ0n) is 33.3. The lowest BCUT2D eigenvalue weighted by Crippen LogP contribution is -2.53. The van der Waals surface area contributed by atoms with Gasteiger partial charge in [-0.25, -0.2) is 50.5 Å². The molecule has 15 nitrogen and oxygen atoms in total. The van der Waals surface area contributed by atoms with Crippen molar-refractivity contribution in [1.29, 1.82) is 0 Å². The summed E-state index contributed by atoms with van der Waals surface area (Å²) in [5.74, 6) is 0. The van der Waals surface area contributed by atoms with Crippen LogP contribution in [0.5, 0.6) is 0 Å². The van der Waals surface area contributed by atoms with Crippen molar-refractivity contribution in [1.82, 2.24) is 0 Å². The molecule has 0 bridgehead atoms. The van der Waals surface area contributed by atoms with Crippen LogP contribution in [0.3, 0.4) is 0 Å². The van der Waals surface area contributed by atoms with E-state index in [4.69, 9.17) is 0 Å². The number of hydrogen-bond donors (Lipinski definition) is 0. The maximum atomic E-state index is 14.8. The van der Waals surface area contributed by atoms with Gasteiger partial charge in [0, 0.05) is 24.2 Å². The Kier molecular flexibility index (Phi) is 13.8. The molecule has 6 rings (SSSR count). The highest BCUT2D eigenvalue weighted by molar-refractivity contribution is 8.10. The lowest BCUT2D eigenvalue weighted by atomic mass is 9.90. The quantitative estimate of drug-likeness (QED) is 0.0668. The second-order valence-electron chi connectivity index (χ2n) is 14.5. The molecule has 0 aliphatic heterocycles. The van der Waals surface area contributed by atoms with Crippen LogP contribution in [0.4, 0.5) is 0 Å². The zero-order valence-corrected chi connectivity index (χ0v) is 38.2. The molecule has 0 unspecified atom stereocenters. The van der Waals surface area contributed by atoms with Gasteiger partial charge in [0.15, 0.2) is 72.8 Å². The molecule has 0 spiro atoms. The van der Waals surface area contributed by atoms with Crippen LogP contribution in [0, 0.1) is 10.1 Å². The maximum Gasteiger partial charge on any atom is 0.229 e.